The van der Waals surface area contributed by atoms with Gasteiger partial charge in [0.15, 0.2) is 54.3 Å². The highest BCUT2D eigenvalue weighted by Crippen LogP contribution is 2.35. The van der Waals surface area contributed by atoms with E-state index in [1.165, 1.54) is 56.5 Å². The number of aliphatic hydroxyl groups excluding tert-OH is 10. The Balaban J connectivity index is 1.33. The van der Waals surface area contributed by atoms with Crippen molar-refractivity contribution in [2.45, 2.75) is 130 Å². The van der Waals surface area contributed by atoms with E-state index >= 15 is 0 Å². The number of methoxy groups -OCH3 is 1. The molecule has 0 unspecified atom stereocenters. The number of phenols is 3. The average molecular weight is 933 g/mol. The second-order valence-electron chi connectivity index (χ2n) is 15.8. The first kappa shape index (κ1) is 50.5. The summed E-state index contributed by atoms with van der Waals surface area (Å²) in [5.41, 5.74) is 0.844. The molecule has 2 aromatic rings. The van der Waals surface area contributed by atoms with E-state index < -0.39 is 148 Å². The molecule has 0 bridgehead atoms. The van der Waals surface area contributed by atoms with E-state index in [-0.39, 0.29) is 30.3 Å². The van der Waals surface area contributed by atoms with Crippen molar-refractivity contribution >= 4 is 12.0 Å². The monoisotopic (exact) mass is 932 g/mol. The number of aliphatic hydroxyl groups is 10. The van der Waals surface area contributed by atoms with Gasteiger partial charge in [-0.2, -0.15) is 0 Å². The number of hydrogen-bond donors (Lipinski definition) is 13. The Morgan fingerprint density at radius 2 is 1.35 bits per heavy atom. The van der Waals surface area contributed by atoms with Crippen LogP contribution in [0.5, 0.6) is 23.0 Å². The van der Waals surface area contributed by atoms with Gasteiger partial charge in [-0.05, 0) is 54.8 Å². The van der Waals surface area contributed by atoms with E-state index in [9.17, 15) is 71.2 Å². The maximum Gasteiger partial charge on any atom is 0.331 e. The predicted octanol–water partition coefficient (Wildman–Crippen LogP) is -4.43. The van der Waals surface area contributed by atoms with Gasteiger partial charge in [-0.1, -0.05) is 12.1 Å². The van der Waals surface area contributed by atoms with E-state index in [0.29, 0.717) is 11.1 Å². The van der Waals surface area contributed by atoms with Gasteiger partial charge in [0.25, 0.3) is 0 Å². The molecule has 19 atom stereocenters. The molecule has 4 aliphatic heterocycles. The number of aromatic hydroxyl groups is 3. The smallest absolute Gasteiger partial charge is 0.331 e. The second-order valence-corrected chi connectivity index (χ2v) is 15.8. The van der Waals surface area contributed by atoms with E-state index in [2.05, 4.69) is 0 Å². The fourth-order valence-corrected chi connectivity index (χ4v) is 7.48. The molecule has 2 aromatic carbocycles. The van der Waals surface area contributed by atoms with Crippen molar-refractivity contribution in [3.63, 3.8) is 0 Å². The average Bonchev–Trinajstić information content (AvgIpc) is 3.28. The molecule has 0 aromatic heterocycles. The minimum Gasteiger partial charge on any atom is -0.504 e. The third kappa shape index (κ3) is 11.8. The number of phenolic OH excluding ortho intramolecular Hbond substituents is 3. The molecule has 4 aliphatic rings. The quantitative estimate of drug-likeness (QED) is 0.0429. The Kier molecular flexibility index (Phi) is 17.3. The third-order valence-electron chi connectivity index (χ3n) is 11.3. The maximum absolute atomic E-state index is 13.7. The van der Waals surface area contributed by atoms with Gasteiger partial charge in [-0.3, -0.25) is 0 Å². The number of carbonyl (C=O) groups excluding carboxylic acids is 1. The van der Waals surface area contributed by atoms with Crippen LogP contribution in [-0.4, -0.2) is 223 Å². The molecule has 13 N–H and O–H groups in total. The van der Waals surface area contributed by atoms with E-state index in [1.807, 2.05) is 0 Å². The molecule has 4 saturated heterocycles. The first-order chi connectivity index (χ1) is 30.9. The zero-order valence-electron chi connectivity index (χ0n) is 34.9. The molecular formula is C41H56O24. The van der Waals surface area contributed by atoms with Crippen molar-refractivity contribution in [3.05, 3.63) is 53.6 Å². The largest absolute Gasteiger partial charge is 0.504 e. The lowest BCUT2D eigenvalue weighted by Crippen LogP contribution is -2.66. The van der Waals surface area contributed by atoms with Crippen LogP contribution in [0.2, 0.25) is 0 Å². The number of hydrogen-bond acceptors (Lipinski definition) is 24. The van der Waals surface area contributed by atoms with Crippen LogP contribution in [0.25, 0.3) is 6.08 Å². The van der Waals surface area contributed by atoms with Gasteiger partial charge in [0.2, 0.25) is 0 Å². The minimum atomic E-state index is -1.95. The van der Waals surface area contributed by atoms with Crippen molar-refractivity contribution in [2.75, 3.05) is 33.5 Å². The summed E-state index contributed by atoms with van der Waals surface area (Å²) < 4.78 is 57.7. The molecule has 24 heteroatoms. The van der Waals surface area contributed by atoms with Gasteiger partial charge in [-0.25, -0.2) is 4.79 Å². The highest BCUT2D eigenvalue weighted by atomic mass is 16.8. The van der Waals surface area contributed by atoms with Gasteiger partial charge < -0.3 is 114 Å². The van der Waals surface area contributed by atoms with Crippen molar-refractivity contribution < 1.29 is 119 Å². The van der Waals surface area contributed by atoms with Gasteiger partial charge in [-0.15, -0.1) is 0 Å². The molecule has 6 rings (SSSR count). The Labute approximate surface area is 370 Å². The van der Waals surface area contributed by atoms with Crippen molar-refractivity contribution in [2.24, 2.45) is 0 Å². The zero-order valence-corrected chi connectivity index (χ0v) is 34.9. The van der Waals surface area contributed by atoms with Crippen LogP contribution >= 0.6 is 0 Å². The summed E-state index contributed by atoms with van der Waals surface area (Å²) in [6, 6.07) is 8.17. The molecule has 65 heavy (non-hydrogen) atoms. The molecule has 0 aliphatic carbocycles. The summed E-state index contributed by atoms with van der Waals surface area (Å²) in [5, 5.41) is 136. The molecule has 0 amide bonds. The highest BCUT2D eigenvalue weighted by Gasteiger charge is 2.55. The lowest BCUT2D eigenvalue weighted by molar-refractivity contribution is -0.383. The van der Waals surface area contributed by atoms with Crippen LogP contribution in [0, 0.1) is 0 Å². The fraction of sp³-hybridized carbons (Fsp3) is 0.634. The second kappa shape index (κ2) is 22.3. The van der Waals surface area contributed by atoms with E-state index in [4.69, 9.17) is 47.4 Å². The summed E-state index contributed by atoms with van der Waals surface area (Å²) in [4.78, 5) is 13.7. The molecule has 0 spiro atoms. The van der Waals surface area contributed by atoms with Crippen LogP contribution in [0.4, 0.5) is 0 Å². The first-order valence-electron chi connectivity index (χ1n) is 20.5. The lowest BCUT2D eigenvalue weighted by Gasteiger charge is -2.48. The van der Waals surface area contributed by atoms with E-state index in [1.54, 1.807) is 0 Å². The van der Waals surface area contributed by atoms with Gasteiger partial charge in [0, 0.05) is 6.08 Å². The van der Waals surface area contributed by atoms with Gasteiger partial charge in [0.05, 0.1) is 39.6 Å². The number of benzene rings is 2. The van der Waals surface area contributed by atoms with Crippen molar-refractivity contribution in [1.82, 2.24) is 0 Å². The predicted molar refractivity (Wildman–Crippen MR) is 211 cm³/mol. The number of carbonyl (C=O) groups is 1. The van der Waals surface area contributed by atoms with Gasteiger partial charge in [0.1, 0.15) is 79.4 Å². The number of esters is 1. The molecular weight excluding hydrogens is 876 g/mol. The molecule has 4 fully saturated rings. The summed E-state index contributed by atoms with van der Waals surface area (Å²) in [6.45, 7) is -0.924. The minimum absolute atomic E-state index is 0.0662. The number of rotatable bonds is 16. The SMILES string of the molecule is COc1cc(/C=C/C(=O)O[C@H]2[C@H](O[C@@H]3O[C@@H](C)[C@H](O)[C@@H](O)[C@H]3O[C@@H]3OC[C@@H](O)[C@@H](O)[C@@H]3O)[C@@H](O)[C@H](OCCc3ccc(O)c(O)c3)O[C@@H]2CO[C@@H]2O[C@H](CO)[C@@H](O)[C@H](O)[C@H]2O)ccc1O. The maximum atomic E-state index is 13.7. The first-order valence-corrected chi connectivity index (χ1v) is 20.5. The number of ether oxygens (including phenoxy) is 10. The summed E-state index contributed by atoms with van der Waals surface area (Å²) in [5.74, 6) is -1.99. The Morgan fingerprint density at radius 1 is 0.677 bits per heavy atom. The summed E-state index contributed by atoms with van der Waals surface area (Å²) >= 11 is 0. The van der Waals surface area contributed by atoms with Crippen LogP contribution < -0.4 is 4.74 Å². The van der Waals surface area contributed by atoms with Crippen LogP contribution in [0.3, 0.4) is 0 Å². The molecule has 0 saturated carbocycles. The van der Waals surface area contributed by atoms with Gasteiger partial charge >= 0.3 is 5.97 Å². The van der Waals surface area contributed by atoms with E-state index in [0.717, 1.165) is 6.08 Å². The standard InChI is InChI=1S/C41H56O24/c1-16-27(48)31(52)37(65-39-32(53)28(49)22(46)14-58-39)41(60-16)64-36-34(55)40(57-10-9-18-3-6-19(43)21(45)11-18)62-25(15-59-38-33(54)30(51)29(50)24(13-42)61-38)35(36)63-26(47)8-5-17-4-7-20(44)23(12-17)56-2/h3-8,11-12,16,22,24-25,27-46,48-55H,9-10,13-15H2,1-2H3/b8-5+/t16-,22+,24+,25+,27-,28+,29+,30-,31+,32-,33+,34+,35+,36+,37+,38+,39-,40+,41-/m0/s1. The van der Waals surface area contributed by atoms with Crippen LogP contribution in [0.1, 0.15) is 18.1 Å². The lowest BCUT2D eigenvalue weighted by atomic mass is 9.96. The van der Waals surface area contributed by atoms with Crippen molar-refractivity contribution in [1.29, 1.82) is 0 Å². The third-order valence-corrected chi connectivity index (χ3v) is 11.3. The fourth-order valence-electron chi connectivity index (χ4n) is 7.48. The van der Waals surface area contributed by atoms with Crippen LogP contribution in [0.15, 0.2) is 42.5 Å². The van der Waals surface area contributed by atoms with Crippen molar-refractivity contribution in [3.8, 4) is 23.0 Å². The highest BCUT2D eigenvalue weighted by molar-refractivity contribution is 5.87. The Hall–Kier alpha value is -3.87. The normalized spacial score (nSPS) is 39.0. The Morgan fingerprint density at radius 3 is 2.06 bits per heavy atom. The molecule has 0 radical (unpaired) electrons. The Bertz CT molecular complexity index is 1880. The topological polar surface area (TPSA) is 372 Å². The molecule has 4 heterocycles. The summed E-state index contributed by atoms with van der Waals surface area (Å²) in [7, 11) is 1.32. The summed E-state index contributed by atoms with van der Waals surface area (Å²) in [6.07, 6.45) is -30.4. The zero-order chi connectivity index (χ0) is 47.3. The molecule has 24 nitrogen and oxygen atoms in total. The molecule has 364 valence electrons. The van der Waals surface area contributed by atoms with Crippen LogP contribution in [-0.2, 0) is 53.8 Å².